The van der Waals surface area contributed by atoms with Crippen LogP contribution in [0.15, 0.2) is 72.9 Å². The summed E-state index contributed by atoms with van der Waals surface area (Å²) in [5, 5.41) is 7.56. The highest BCUT2D eigenvalue weighted by Crippen LogP contribution is 2.56. The van der Waals surface area contributed by atoms with E-state index in [4.69, 9.17) is 0 Å². The Kier molecular flexibility index (Phi) is 6.24. The number of hydrogen-bond donors (Lipinski definition) is 1. The van der Waals surface area contributed by atoms with Crippen LogP contribution in [0.2, 0.25) is 0 Å². The van der Waals surface area contributed by atoms with Crippen molar-refractivity contribution >= 4 is 17.1 Å². The molecule has 0 radical (unpaired) electrons. The van der Waals surface area contributed by atoms with Crippen molar-refractivity contribution < 1.29 is 22.7 Å². The van der Waals surface area contributed by atoms with Gasteiger partial charge < -0.3 is 15.0 Å². The molecular weight excluding hydrogens is 505 g/mol. The zero-order chi connectivity index (χ0) is 27.2. The molecule has 9 heteroatoms. The van der Waals surface area contributed by atoms with E-state index >= 15 is 0 Å². The van der Waals surface area contributed by atoms with E-state index in [-0.39, 0.29) is 17.1 Å². The number of fused-ring (bicyclic) bond motifs is 1. The summed E-state index contributed by atoms with van der Waals surface area (Å²) in [6.45, 7) is 4.38. The van der Waals surface area contributed by atoms with E-state index in [2.05, 4.69) is 32.2 Å². The number of aryl methyl sites for hydroxylation is 1. The van der Waals surface area contributed by atoms with Crippen LogP contribution in [0.3, 0.4) is 0 Å². The second-order valence-electron chi connectivity index (χ2n) is 10.6. The summed E-state index contributed by atoms with van der Waals surface area (Å²) in [4.78, 5) is 15.3. The predicted octanol–water partition coefficient (Wildman–Crippen LogP) is 6.11. The van der Waals surface area contributed by atoms with Gasteiger partial charge in [0.15, 0.2) is 0 Å². The number of nitrogens with zero attached hydrogens (tertiary/aromatic N) is 3. The third-order valence-corrected chi connectivity index (χ3v) is 7.93. The van der Waals surface area contributed by atoms with Crippen LogP contribution in [0.4, 0.5) is 18.9 Å². The standard InChI is InChI=1S/C30H29F3N4O2/c1-2-25-27(26-5-3-4-14-37(26)35-25)28(38)34-17-20-6-10-23(11-7-20)36-18-29(19-36)15-22(16-29)21-8-12-24(13-9-21)39-30(31,32)33/h3-14,22H,2,15-19H2,1H3,(H,34,38). The molecule has 2 aromatic carbocycles. The lowest BCUT2D eigenvalue weighted by molar-refractivity contribution is -0.274. The molecule has 0 atom stereocenters. The number of halogens is 3. The quantitative estimate of drug-likeness (QED) is 0.311. The average Bonchev–Trinajstić information content (AvgIpc) is 3.25. The van der Waals surface area contributed by atoms with Crippen molar-refractivity contribution in [2.24, 2.45) is 5.41 Å². The van der Waals surface area contributed by atoms with Crippen molar-refractivity contribution in [1.82, 2.24) is 14.9 Å². The molecule has 2 aromatic heterocycles. The van der Waals surface area contributed by atoms with Crippen molar-refractivity contribution in [3.8, 4) is 5.75 Å². The van der Waals surface area contributed by atoms with Crippen molar-refractivity contribution in [2.45, 2.75) is 45.0 Å². The number of amides is 1. The predicted molar refractivity (Wildman–Crippen MR) is 142 cm³/mol. The van der Waals surface area contributed by atoms with Crippen LogP contribution in [0.25, 0.3) is 5.52 Å². The molecule has 1 spiro atoms. The van der Waals surface area contributed by atoms with Crippen LogP contribution in [0, 0.1) is 5.41 Å². The number of carbonyl (C=O) groups excluding carboxylic acids is 1. The lowest BCUT2D eigenvalue weighted by atomic mass is 9.56. The second-order valence-corrected chi connectivity index (χ2v) is 10.6. The monoisotopic (exact) mass is 534 g/mol. The molecule has 1 saturated heterocycles. The van der Waals surface area contributed by atoms with Gasteiger partial charge in [-0.05, 0) is 72.7 Å². The van der Waals surface area contributed by atoms with Crippen LogP contribution < -0.4 is 15.0 Å². The summed E-state index contributed by atoms with van der Waals surface area (Å²) in [6, 6.07) is 20.3. The van der Waals surface area contributed by atoms with Crippen LogP contribution in [-0.4, -0.2) is 35.0 Å². The molecule has 1 saturated carbocycles. The van der Waals surface area contributed by atoms with E-state index in [1.165, 1.54) is 12.1 Å². The highest BCUT2D eigenvalue weighted by molar-refractivity contribution is 6.02. The Balaban J connectivity index is 0.999. The Bertz CT molecular complexity index is 1480. The molecule has 4 aromatic rings. The fraction of sp³-hybridized carbons (Fsp3) is 0.333. The summed E-state index contributed by atoms with van der Waals surface area (Å²) in [5.41, 5.74) is 5.75. The third-order valence-electron chi connectivity index (χ3n) is 7.93. The minimum absolute atomic E-state index is 0.121. The zero-order valence-electron chi connectivity index (χ0n) is 21.5. The molecule has 2 aliphatic rings. The Morgan fingerprint density at radius 1 is 1.05 bits per heavy atom. The molecule has 1 N–H and O–H groups in total. The number of aromatic nitrogens is 2. The smallest absolute Gasteiger partial charge is 0.406 e. The van der Waals surface area contributed by atoms with Gasteiger partial charge in [0.25, 0.3) is 5.91 Å². The SMILES string of the molecule is CCc1nn2ccccc2c1C(=O)NCc1ccc(N2CC3(CC(c4ccc(OC(F)(F)F)cc4)C3)C2)cc1. The third kappa shape index (κ3) is 5.05. The van der Waals surface area contributed by atoms with E-state index in [0.29, 0.717) is 24.4 Å². The number of anilines is 1. The molecule has 2 fully saturated rings. The molecule has 202 valence electrons. The van der Waals surface area contributed by atoms with Gasteiger partial charge in [-0.2, -0.15) is 5.10 Å². The zero-order valence-corrected chi connectivity index (χ0v) is 21.5. The Hall–Kier alpha value is -4.01. The number of ether oxygens (including phenoxy) is 1. The number of nitrogens with one attached hydrogen (secondary N) is 1. The van der Waals surface area contributed by atoms with Crippen LogP contribution in [-0.2, 0) is 13.0 Å². The van der Waals surface area contributed by atoms with Crippen LogP contribution >= 0.6 is 0 Å². The summed E-state index contributed by atoms with van der Waals surface area (Å²) >= 11 is 0. The Morgan fingerprint density at radius 2 is 1.77 bits per heavy atom. The Labute approximate surface area is 224 Å². The summed E-state index contributed by atoms with van der Waals surface area (Å²) in [5.74, 6) is 0.0719. The topological polar surface area (TPSA) is 58.9 Å². The fourth-order valence-corrected chi connectivity index (χ4v) is 6.00. The van der Waals surface area contributed by atoms with Crippen molar-refractivity contribution in [3.05, 3.63) is 95.3 Å². The van der Waals surface area contributed by atoms with Gasteiger partial charge >= 0.3 is 6.36 Å². The second kappa shape index (κ2) is 9.63. The van der Waals surface area contributed by atoms with E-state index < -0.39 is 6.36 Å². The van der Waals surface area contributed by atoms with Gasteiger partial charge in [-0.3, -0.25) is 4.79 Å². The number of rotatable bonds is 7. The molecule has 6 rings (SSSR count). The lowest BCUT2D eigenvalue weighted by Crippen LogP contribution is -2.61. The van der Waals surface area contributed by atoms with E-state index in [1.807, 2.05) is 43.5 Å². The fourth-order valence-electron chi connectivity index (χ4n) is 6.00. The maximum atomic E-state index is 13.0. The lowest BCUT2D eigenvalue weighted by Gasteiger charge is -2.60. The van der Waals surface area contributed by atoms with E-state index in [1.54, 1.807) is 16.6 Å². The highest BCUT2D eigenvalue weighted by atomic mass is 19.4. The minimum Gasteiger partial charge on any atom is -0.406 e. The van der Waals surface area contributed by atoms with Crippen molar-refractivity contribution in [3.63, 3.8) is 0 Å². The molecule has 6 nitrogen and oxygen atoms in total. The number of benzene rings is 2. The average molecular weight is 535 g/mol. The van der Waals surface area contributed by atoms with Gasteiger partial charge in [-0.15, -0.1) is 13.2 Å². The van der Waals surface area contributed by atoms with Crippen molar-refractivity contribution in [1.29, 1.82) is 0 Å². The normalized spacial score (nSPS) is 16.7. The summed E-state index contributed by atoms with van der Waals surface area (Å²) in [6.07, 6.45) is -0.0620. The van der Waals surface area contributed by atoms with Crippen molar-refractivity contribution in [2.75, 3.05) is 18.0 Å². The Morgan fingerprint density at radius 3 is 2.44 bits per heavy atom. The van der Waals surface area contributed by atoms with E-state index in [9.17, 15) is 18.0 Å². The minimum atomic E-state index is -4.67. The maximum Gasteiger partial charge on any atom is 0.573 e. The molecule has 1 amide bonds. The molecule has 0 unspecified atom stereocenters. The van der Waals surface area contributed by atoms with Gasteiger partial charge in [-0.25, -0.2) is 4.52 Å². The van der Waals surface area contributed by atoms with Crippen LogP contribution in [0.5, 0.6) is 5.75 Å². The molecule has 3 heterocycles. The molecule has 1 aliphatic heterocycles. The van der Waals surface area contributed by atoms with Gasteiger partial charge in [0.05, 0.1) is 16.8 Å². The molecule has 0 bridgehead atoms. The number of alkyl halides is 3. The first-order valence-electron chi connectivity index (χ1n) is 13.2. The molecular formula is C30H29F3N4O2. The largest absolute Gasteiger partial charge is 0.573 e. The first-order valence-corrected chi connectivity index (χ1v) is 13.2. The first-order chi connectivity index (χ1) is 18.7. The van der Waals surface area contributed by atoms with Gasteiger partial charge in [0.2, 0.25) is 0 Å². The molecule has 1 aliphatic carbocycles. The maximum absolute atomic E-state index is 13.0. The van der Waals surface area contributed by atoms with Gasteiger partial charge in [0.1, 0.15) is 5.75 Å². The first kappa shape index (κ1) is 25.3. The van der Waals surface area contributed by atoms with Gasteiger partial charge in [0, 0.05) is 36.9 Å². The van der Waals surface area contributed by atoms with Gasteiger partial charge in [-0.1, -0.05) is 37.3 Å². The number of carbonyl (C=O) groups is 1. The number of pyridine rings is 1. The van der Waals surface area contributed by atoms with E-state index in [0.717, 1.165) is 54.0 Å². The van der Waals surface area contributed by atoms with Crippen LogP contribution in [0.1, 0.15) is 52.9 Å². The number of hydrogen-bond acceptors (Lipinski definition) is 4. The highest BCUT2D eigenvalue weighted by Gasteiger charge is 2.52. The summed E-state index contributed by atoms with van der Waals surface area (Å²) in [7, 11) is 0. The molecule has 39 heavy (non-hydrogen) atoms. The summed E-state index contributed by atoms with van der Waals surface area (Å²) < 4.78 is 42.9.